The number of rotatable bonds is 5. The molecular weight excluding hydrogens is 296 g/mol. The molecule has 112 valence electrons. The minimum Gasteiger partial charge on any atom is -0.465 e. The Balaban J connectivity index is 2.15. The van der Waals surface area contributed by atoms with Crippen LogP contribution in [0.2, 0.25) is 0 Å². The Labute approximate surface area is 121 Å². The number of carbonyl (C=O) groups excluding carboxylic acids is 1. The minimum absolute atomic E-state index is 0.0170. The Morgan fingerprint density at radius 3 is 2.81 bits per heavy atom. The van der Waals surface area contributed by atoms with Gasteiger partial charge in [-0.15, -0.1) is 5.10 Å². The average molecular weight is 310 g/mol. The van der Waals surface area contributed by atoms with Crippen LogP contribution in [0.3, 0.4) is 0 Å². The number of esters is 1. The fourth-order valence-corrected chi connectivity index (χ4v) is 2.75. The largest absolute Gasteiger partial charge is 0.465 e. The molecule has 9 heteroatoms. The van der Waals surface area contributed by atoms with Gasteiger partial charge in [-0.05, 0) is 24.6 Å². The molecule has 0 bridgehead atoms. The Kier molecular flexibility index (Phi) is 4.22. The standard InChI is InChI=1S/C12H14N4O4S/c1-8-13-12(15-14-8)16-21(18,19)7-9-4-3-5-10(6-9)11(17)20-2/h3-6H,7H2,1-2H3,(H2,13,14,15,16). The zero-order chi connectivity index (χ0) is 15.5. The zero-order valence-electron chi connectivity index (χ0n) is 11.5. The lowest BCUT2D eigenvalue weighted by Gasteiger charge is -2.06. The number of aryl methyl sites for hydroxylation is 1. The quantitative estimate of drug-likeness (QED) is 0.791. The third-order valence-corrected chi connectivity index (χ3v) is 3.76. The summed E-state index contributed by atoms with van der Waals surface area (Å²) >= 11 is 0. The predicted octanol–water partition coefficient (Wildman–Crippen LogP) is 0.842. The van der Waals surface area contributed by atoms with Crippen LogP contribution in [-0.4, -0.2) is 36.7 Å². The molecule has 2 rings (SSSR count). The van der Waals surface area contributed by atoms with E-state index in [9.17, 15) is 13.2 Å². The number of aromatic nitrogens is 3. The maximum atomic E-state index is 12.0. The number of nitrogens with one attached hydrogen (secondary N) is 2. The van der Waals surface area contributed by atoms with E-state index in [1.807, 2.05) is 0 Å². The lowest BCUT2D eigenvalue weighted by molar-refractivity contribution is 0.0600. The van der Waals surface area contributed by atoms with E-state index >= 15 is 0 Å². The van der Waals surface area contributed by atoms with Gasteiger partial charge in [-0.3, -0.25) is 5.10 Å². The van der Waals surface area contributed by atoms with E-state index in [0.29, 0.717) is 17.0 Å². The van der Waals surface area contributed by atoms with Gasteiger partial charge in [0.25, 0.3) is 5.95 Å². The van der Waals surface area contributed by atoms with Crippen LogP contribution in [-0.2, 0) is 20.5 Å². The van der Waals surface area contributed by atoms with Gasteiger partial charge in [0, 0.05) is 0 Å². The topological polar surface area (TPSA) is 114 Å². The summed E-state index contributed by atoms with van der Waals surface area (Å²) in [6.45, 7) is 1.66. The van der Waals surface area contributed by atoms with E-state index in [1.165, 1.54) is 13.2 Å². The number of hydrogen-bond acceptors (Lipinski definition) is 6. The first-order chi connectivity index (χ1) is 9.89. The first-order valence-electron chi connectivity index (χ1n) is 5.96. The molecule has 0 aliphatic heterocycles. The number of aromatic amines is 1. The van der Waals surface area contributed by atoms with Gasteiger partial charge in [0.1, 0.15) is 5.82 Å². The summed E-state index contributed by atoms with van der Waals surface area (Å²) in [5.74, 6) is -0.338. The molecule has 0 amide bonds. The van der Waals surface area contributed by atoms with E-state index in [1.54, 1.807) is 25.1 Å². The Morgan fingerprint density at radius 1 is 1.43 bits per heavy atom. The Bertz CT molecular complexity index is 754. The van der Waals surface area contributed by atoms with E-state index in [2.05, 4.69) is 24.6 Å². The maximum absolute atomic E-state index is 12.0. The fraction of sp³-hybridized carbons (Fsp3) is 0.250. The fourth-order valence-electron chi connectivity index (χ4n) is 1.69. The second-order valence-corrected chi connectivity index (χ2v) is 6.02. The van der Waals surface area contributed by atoms with E-state index in [0.717, 1.165) is 0 Å². The summed E-state index contributed by atoms with van der Waals surface area (Å²) in [6.07, 6.45) is 0. The second kappa shape index (κ2) is 5.92. The summed E-state index contributed by atoms with van der Waals surface area (Å²) < 4.78 is 30.9. The van der Waals surface area contributed by atoms with Crippen molar-refractivity contribution in [1.29, 1.82) is 0 Å². The van der Waals surface area contributed by atoms with Crippen LogP contribution in [0, 0.1) is 6.92 Å². The summed E-state index contributed by atoms with van der Waals surface area (Å²) in [4.78, 5) is 15.3. The van der Waals surface area contributed by atoms with Gasteiger partial charge >= 0.3 is 5.97 Å². The highest BCUT2D eigenvalue weighted by Gasteiger charge is 2.15. The van der Waals surface area contributed by atoms with Gasteiger partial charge in [-0.2, -0.15) is 4.98 Å². The van der Waals surface area contributed by atoms with Crippen LogP contribution >= 0.6 is 0 Å². The average Bonchev–Trinajstić information content (AvgIpc) is 2.82. The summed E-state index contributed by atoms with van der Waals surface area (Å²) in [7, 11) is -2.41. The Hall–Kier alpha value is -2.42. The number of ether oxygens (including phenoxy) is 1. The van der Waals surface area contributed by atoms with E-state index in [4.69, 9.17) is 0 Å². The number of nitrogens with zero attached hydrogens (tertiary/aromatic N) is 2. The number of sulfonamides is 1. The van der Waals surface area contributed by atoms with Crippen molar-refractivity contribution in [1.82, 2.24) is 15.2 Å². The zero-order valence-corrected chi connectivity index (χ0v) is 12.3. The van der Waals surface area contributed by atoms with Crippen LogP contribution in [0.15, 0.2) is 24.3 Å². The van der Waals surface area contributed by atoms with Gasteiger partial charge in [0.05, 0.1) is 18.4 Å². The molecule has 0 aliphatic rings. The van der Waals surface area contributed by atoms with Gasteiger partial charge < -0.3 is 4.74 Å². The van der Waals surface area contributed by atoms with Crippen LogP contribution in [0.5, 0.6) is 0 Å². The van der Waals surface area contributed by atoms with Crippen molar-refractivity contribution in [3.05, 3.63) is 41.2 Å². The van der Waals surface area contributed by atoms with Gasteiger partial charge in [-0.1, -0.05) is 12.1 Å². The molecule has 0 spiro atoms. The molecule has 1 aromatic carbocycles. The van der Waals surface area contributed by atoms with Crippen molar-refractivity contribution in [3.63, 3.8) is 0 Å². The maximum Gasteiger partial charge on any atom is 0.337 e. The third-order valence-electron chi connectivity index (χ3n) is 2.55. The molecule has 0 unspecified atom stereocenters. The van der Waals surface area contributed by atoms with Gasteiger partial charge in [0.15, 0.2) is 0 Å². The first kappa shape index (κ1) is 15.0. The molecule has 8 nitrogen and oxygen atoms in total. The number of carbonyl (C=O) groups is 1. The molecule has 2 N–H and O–H groups in total. The molecule has 0 radical (unpaired) electrons. The minimum atomic E-state index is -3.67. The molecule has 1 heterocycles. The van der Waals surface area contributed by atoms with E-state index in [-0.39, 0.29) is 11.7 Å². The number of anilines is 1. The van der Waals surface area contributed by atoms with Crippen molar-refractivity contribution >= 4 is 21.9 Å². The van der Waals surface area contributed by atoms with Gasteiger partial charge in [0.2, 0.25) is 10.0 Å². The highest BCUT2D eigenvalue weighted by molar-refractivity contribution is 7.91. The number of methoxy groups -OCH3 is 1. The lowest BCUT2D eigenvalue weighted by Crippen LogP contribution is -2.16. The van der Waals surface area contributed by atoms with Crippen LogP contribution in [0.4, 0.5) is 5.95 Å². The second-order valence-electron chi connectivity index (χ2n) is 4.30. The molecule has 0 saturated carbocycles. The molecular formula is C12H14N4O4S. The lowest BCUT2D eigenvalue weighted by atomic mass is 10.1. The predicted molar refractivity (Wildman–Crippen MR) is 75.1 cm³/mol. The monoisotopic (exact) mass is 310 g/mol. The summed E-state index contributed by atoms with van der Waals surface area (Å²) in [5.41, 5.74) is 0.747. The van der Waals surface area contributed by atoms with Crippen molar-refractivity contribution in [3.8, 4) is 0 Å². The van der Waals surface area contributed by atoms with Gasteiger partial charge in [-0.25, -0.2) is 17.9 Å². The molecule has 21 heavy (non-hydrogen) atoms. The van der Waals surface area contributed by atoms with Crippen molar-refractivity contribution in [2.24, 2.45) is 0 Å². The van der Waals surface area contributed by atoms with Crippen molar-refractivity contribution in [2.75, 3.05) is 11.8 Å². The highest BCUT2D eigenvalue weighted by atomic mass is 32.2. The highest BCUT2D eigenvalue weighted by Crippen LogP contribution is 2.12. The van der Waals surface area contributed by atoms with E-state index < -0.39 is 16.0 Å². The van der Waals surface area contributed by atoms with Crippen LogP contribution < -0.4 is 4.72 Å². The summed E-state index contributed by atoms with van der Waals surface area (Å²) in [6, 6.07) is 6.21. The SMILES string of the molecule is COC(=O)c1cccc(CS(=O)(=O)Nc2n[nH]c(C)n2)c1. The molecule has 0 saturated heterocycles. The Morgan fingerprint density at radius 2 is 2.19 bits per heavy atom. The first-order valence-corrected chi connectivity index (χ1v) is 7.61. The molecule has 2 aromatic rings. The number of H-pyrrole nitrogens is 1. The van der Waals surface area contributed by atoms with Crippen molar-refractivity contribution < 1.29 is 17.9 Å². The van der Waals surface area contributed by atoms with Crippen molar-refractivity contribution in [2.45, 2.75) is 12.7 Å². The third kappa shape index (κ3) is 4.02. The normalized spacial score (nSPS) is 11.1. The molecule has 1 aromatic heterocycles. The number of benzene rings is 1. The van der Waals surface area contributed by atoms with Crippen LogP contribution in [0.25, 0.3) is 0 Å². The smallest absolute Gasteiger partial charge is 0.337 e. The molecule has 0 atom stereocenters. The summed E-state index contributed by atoms with van der Waals surface area (Å²) in [5, 5.41) is 6.24. The molecule has 0 aliphatic carbocycles. The van der Waals surface area contributed by atoms with Crippen LogP contribution in [0.1, 0.15) is 21.7 Å². The number of hydrogen-bond donors (Lipinski definition) is 2. The molecule has 0 fully saturated rings.